The lowest BCUT2D eigenvalue weighted by molar-refractivity contribution is 0.638. The lowest BCUT2D eigenvalue weighted by Gasteiger charge is -2.28. The van der Waals surface area contributed by atoms with Crippen LogP contribution >= 0.6 is 0 Å². The minimum Gasteiger partial charge on any atom is -0.319 e. The fraction of sp³-hybridized carbons (Fsp3) is 0.231. The van der Waals surface area contributed by atoms with Gasteiger partial charge in [0.25, 0.3) is 0 Å². The van der Waals surface area contributed by atoms with Crippen LogP contribution in [0.25, 0.3) is 50.0 Å². The van der Waals surface area contributed by atoms with Crippen molar-refractivity contribution in [2.75, 3.05) is 27.2 Å². The quantitative estimate of drug-likeness (QED) is 0.155. The SMILES string of the molecule is CNCC1c2ccccc2-c2ccc(C(C)(C)c3ccc4c5ccc(C(C)(C)c6ccc7c(c6)C(CNC)c6ccccc6-7)cc5n(-c5ncccn5)c4c3)cc21. The Morgan fingerprint density at radius 1 is 0.474 bits per heavy atom. The van der Waals surface area contributed by atoms with Crippen LogP contribution in [0.3, 0.4) is 0 Å². The lowest BCUT2D eigenvalue weighted by atomic mass is 9.76. The van der Waals surface area contributed by atoms with Crippen LogP contribution in [0.5, 0.6) is 0 Å². The van der Waals surface area contributed by atoms with Crippen molar-refractivity contribution in [1.29, 1.82) is 0 Å². The summed E-state index contributed by atoms with van der Waals surface area (Å²) in [4.78, 5) is 9.66. The summed E-state index contributed by atoms with van der Waals surface area (Å²) in [6.45, 7) is 11.2. The summed E-state index contributed by atoms with van der Waals surface area (Å²) in [7, 11) is 4.10. The monoisotopic (exact) mass is 743 g/mol. The van der Waals surface area contributed by atoms with Gasteiger partial charge in [0, 0.05) is 58.9 Å². The van der Waals surface area contributed by atoms with Gasteiger partial charge in [0.05, 0.1) is 11.0 Å². The van der Waals surface area contributed by atoms with Crippen molar-refractivity contribution in [2.24, 2.45) is 0 Å². The van der Waals surface area contributed by atoms with Gasteiger partial charge in [0.15, 0.2) is 0 Å². The van der Waals surface area contributed by atoms with Crippen LogP contribution in [0, 0.1) is 0 Å². The highest BCUT2D eigenvalue weighted by molar-refractivity contribution is 6.09. The maximum absolute atomic E-state index is 4.83. The number of hydrogen-bond donors (Lipinski definition) is 2. The Bertz CT molecular complexity index is 2670. The van der Waals surface area contributed by atoms with Gasteiger partial charge >= 0.3 is 0 Å². The molecule has 0 amide bonds. The first-order valence-corrected chi connectivity index (χ1v) is 20.3. The van der Waals surface area contributed by atoms with E-state index in [9.17, 15) is 0 Å². The van der Waals surface area contributed by atoms with Crippen LogP contribution in [0.4, 0.5) is 0 Å². The molecule has 6 aromatic carbocycles. The predicted molar refractivity (Wildman–Crippen MR) is 236 cm³/mol. The lowest BCUT2D eigenvalue weighted by Crippen LogP contribution is -2.21. The van der Waals surface area contributed by atoms with Gasteiger partial charge in [0.2, 0.25) is 5.95 Å². The minimum atomic E-state index is -0.257. The van der Waals surface area contributed by atoms with Crippen LogP contribution in [0.15, 0.2) is 140 Å². The zero-order valence-corrected chi connectivity index (χ0v) is 33.7. The van der Waals surface area contributed by atoms with Crippen molar-refractivity contribution >= 4 is 21.8 Å². The van der Waals surface area contributed by atoms with Crippen LogP contribution in [0.1, 0.15) is 84.0 Å². The molecular formula is C52H49N5. The van der Waals surface area contributed by atoms with Crippen molar-refractivity contribution in [3.8, 4) is 28.2 Å². The third kappa shape index (κ3) is 5.44. The molecule has 0 bridgehead atoms. The molecule has 0 radical (unpaired) electrons. The van der Waals surface area contributed by atoms with Gasteiger partial charge in [-0.2, -0.15) is 0 Å². The molecule has 2 aromatic heterocycles. The number of nitrogens with zero attached hydrogens (tertiary/aromatic N) is 3. The van der Waals surface area contributed by atoms with Crippen LogP contribution < -0.4 is 10.6 Å². The van der Waals surface area contributed by atoms with Crippen LogP contribution in [0.2, 0.25) is 0 Å². The van der Waals surface area contributed by atoms with Crippen molar-refractivity contribution in [2.45, 2.75) is 50.4 Å². The van der Waals surface area contributed by atoms with E-state index in [1.807, 2.05) is 18.5 Å². The largest absolute Gasteiger partial charge is 0.319 e. The van der Waals surface area contributed by atoms with Crippen molar-refractivity contribution in [3.05, 3.63) is 184 Å². The number of rotatable bonds is 9. The molecule has 5 nitrogen and oxygen atoms in total. The molecule has 10 rings (SSSR count). The van der Waals surface area contributed by atoms with E-state index < -0.39 is 0 Å². The highest BCUT2D eigenvalue weighted by Gasteiger charge is 2.34. The first-order valence-electron chi connectivity index (χ1n) is 20.3. The highest BCUT2D eigenvalue weighted by atomic mass is 15.1. The van der Waals surface area contributed by atoms with E-state index in [2.05, 4.69) is 178 Å². The number of benzene rings is 6. The van der Waals surface area contributed by atoms with E-state index >= 15 is 0 Å². The summed E-state index contributed by atoms with van der Waals surface area (Å²) >= 11 is 0. The standard InChI is InChI=1S/C52H49N5/c1-51(2,32-16-20-40-36-12-7-9-14-38(36)46(30-53-5)44(40)26-32)34-18-22-42-43-23-19-35(29-49(43)57(48(42)28-34)50-55-24-11-25-56-50)52(3,4)33-17-21-41-37-13-8-10-15-39(37)47(31-54-6)45(41)27-33/h7-29,46-47,53-54H,30-31H2,1-6H3. The molecule has 0 fully saturated rings. The average Bonchev–Trinajstić information content (AvgIpc) is 3.86. The minimum absolute atomic E-state index is 0.257. The van der Waals surface area contributed by atoms with E-state index in [1.165, 1.54) is 77.5 Å². The molecule has 2 heterocycles. The van der Waals surface area contributed by atoms with Crippen molar-refractivity contribution in [3.63, 3.8) is 0 Å². The van der Waals surface area contributed by atoms with Gasteiger partial charge in [-0.3, -0.25) is 4.57 Å². The smallest absolute Gasteiger partial charge is 0.234 e. The van der Waals surface area contributed by atoms with E-state index in [-0.39, 0.29) is 10.8 Å². The normalized spacial score (nSPS) is 15.8. The van der Waals surface area contributed by atoms with Gasteiger partial charge in [-0.15, -0.1) is 0 Å². The Hall–Kier alpha value is -5.88. The summed E-state index contributed by atoms with van der Waals surface area (Å²) < 4.78 is 2.27. The molecule has 57 heavy (non-hydrogen) atoms. The maximum Gasteiger partial charge on any atom is 0.234 e. The Balaban J connectivity index is 1.09. The Labute approximate surface area is 335 Å². The van der Waals surface area contributed by atoms with E-state index in [0.29, 0.717) is 17.8 Å². The number of hydrogen-bond acceptors (Lipinski definition) is 4. The summed E-state index contributed by atoms with van der Waals surface area (Å²) in [6.07, 6.45) is 3.69. The van der Waals surface area contributed by atoms with Crippen molar-refractivity contribution < 1.29 is 0 Å². The second-order valence-electron chi connectivity index (χ2n) is 17.1. The van der Waals surface area contributed by atoms with E-state index in [1.54, 1.807) is 0 Å². The summed E-state index contributed by atoms with van der Waals surface area (Å²) in [6, 6.07) is 48.0. The first kappa shape index (κ1) is 35.5. The average molecular weight is 744 g/mol. The number of fused-ring (bicyclic) bond motifs is 9. The summed E-state index contributed by atoms with van der Waals surface area (Å²) in [5, 5.41) is 9.32. The molecule has 2 atom stereocenters. The van der Waals surface area contributed by atoms with E-state index in [0.717, 1.165) is 24.1 Å². The molecule has 8 aromatic rings. The highest BCUT2D eigenvalue weighted by Crippen LogP contribution is 2.49. The van der Waals surface area contributed by atoms with Gasteiger partial charge < -0.3 is 10.6 Å². The summed E-state index contributed by atoms with van der Waals surface area (Å²) in [5.74, 6) is 1.34. The molecule has 5 heteroatoms. The van der Waals surface area contributed by atoms with Crippen molar-refractivity contribution in [1.82, 2.24) is 25.2 Å². The fourth-order valence-electron chi connectivity index (χ4n) is 10.00. The molecule has 2 unspecified atom stereocenters. The van der Waals surface area contributed by atoms with Gasteiger partial charge in [-0.25, -0.2) is 9.97 Å². The molecular weight excluding hydrogens is 695 g/mol. The summed E-state index contributed by atoms with van der Waals surface area (Å²) in [5.41, 5.74) is 17.9. The maximum atomic E-state index is 4.83. The van der Waals surface area contributed by atoms with Crippen LogP contribution in [-0.4, -0.2) is 41.7 Å². The third-order valence-electron chi connectivity index (χ3n) is 13.3. The van der Waals surface area contributed by atoms with Gasteiger partial charge in [-0.05, 0) is 99.1 Å². The van der Waals surface area contributed by atoms with Crippen LogP contribution in [-0.2, 0) is 10.8 Å². The third-order valence-corrected chi connectivity index (χ3v) is 13.3. The first-order chi connectivity index (χ1) is 27.7. The molecule has 282 valence electrons. The number of aromatic nitrogens is 3. The molecule has 0 spiro atoms. The second-order valence-corrected chi connectivity index (χ2v) is 17.1. The zero-order chi connectivity index (χ0) is 39.1. The second kappa shape index (κ2) is 13.4. The Morgan fingerprint density at radius 2 is 0.877 bits per heavy atom. The topological polar surface area (TPSA) is 54.8 Å². The van der Waals surface area contributed by atoms with Gasteiger partial charge in [0.1, 0.15) is 0 Å². The molecule has 2 aliphatic rings. The molecule has 2 aliphatic carbocycles. The molecule has 0 saturated heterocycles. The van der Waals surface area contributed by atoms with Gasteiger partial charge in [-0.1, -0.05) is 137 Å². The Kier molecular flexibility index (Phi) is 8.33. The zero-order valence-electron chi connectivity index (χ0n) is 33.7. The van der Waals surface area contributed by atoms with E-state index in [4.69, 9.17) is 9.97 Å². The molecule has 0 saturated carbocycles. The molecule has 0 aliphatic heterocycles. The number of likely N-dealkylation sites (N-methyl/N-ethyl adjacent to an activating group) is 2. The number of nitrogens with one attached hydrogen (secondary N) is 2. The molecule has 2 N–H and O–H groups in total. The Morgan fingerprint density at radius 3 is 1.33 bits per heavy atom. The fourth-order valence-corrected chi connectivity index (χ4v) is 10.00. The predicted octanol–water partition coefficient (Wildman–Crippen LogP) is 10.9.